The Balaban J connectivity index is 1.33. The fourth-order valence-corrected chi connectivity index (χ4v) is 5.80. The third-order valence-electron chi connectivity index (χ3n) is 6.73. The molecular formula is C22H33N3S. The molecule has 26 heavy (non-hydrogen) atoms. The molecule has 1 aliphatic carbocycles. The van der Waals surface area contributed by atoms with E-state index in [9.17, 15) is 0 Å². The van der Waals surface area contributed by atoms with Crippen LogP contribution in [0.3, 0.4) is 0 Å². The van der Waals surface area contributed by atoms with Crippen LogP contribution in [-0.4, -0.2) is 34.2 Å². The van der Waals surface area contributed by atoms with Gasteiger partial charge in [-0.1, -0.05) is 38.3 Å². The second-order valence-corrected chi connectivity index (χ2v) is 8.85. The van der Waals surface area contributed by atoms with E-state index in [-0.39, 0.29) is 0 Å². The molecule has 2 atom stereocenters. The lowest BCUT2D eigenvalue weighted by Crippen LogP contribution is -2.59. The number of hydrogen-bond donors (Lipinski definition) is 2. The molecule has 2 saturated heterocycles. The average Bonchev–Trinajstić information content (AvgIpc) is 3.16. The summed E-state index contributed by atoms with van der Waals surface area (Å²) in [6, 6.07) is 11.6. The summed E-state index contributed by atoms with van der Waals surface area (Å²) in [5, 5.41) is 7.79. The number of nitrogens with zero attached hydrogens (tertiary/aromatic N) is 1. The van der Waals surface area contributed by atoms with Gasteiger partial charge in [0, 0.05) is 29.9 Å². The van der Waals surface area contributed by atoms with Gasteiger partial charge in [-0.3, -0.25) is 4.90 Å². The Kier molecular flexibility index (Phi) is 5.80. The van der Waals surface area contributed by atoms with Crippen molar-refractivity contribution in [1.82, 2.24) is 10.2 Å². The van der Waals surface area contributed by atoms with E-state index in [0.717, 1.165) is 35.3 Å². The van der Waals surface area contributed by atoms with Crippen molar-refractivity contribution >= 4 is 23.0 Å². The number of thiocarbonyl (C=S) groups is 1. The van der Waals surface area contributed by atoms with Gasteiger partial charge >= 0.3 is 0 Å². The molecule has 1 saturated carbocycles. The molecule has 2 unspecified atom stereocenters. The van der Waals surface area contributed by atoms with Crippen LogP contribution in [0.25, 0.3) is 0 Å². The zero-order valence-electron chi connectivity index (χ0n) is 16.0. The van der Waals surface area contributed by atoms with Crippen LogP contribution in [0.4, 0.5) is 5.69 Å². The van der Waals surface area contributed by atoms with Gasteiger partial charge in [0.15, 0.2) is 5.11 Å². The maximum absolute atomic E-state index is 5.61. The van der Waals surface area contributed by atoms with E-state index in [1.54, 1.807) is 0 Å². The van der Waals surface area contributed by atoms with Crippen molar-refractivity contribution in [3.63, 3.8) is 0 Å². The molecule has 0 amide bonds. The van der Waals surface area contributed by atoms with Gasteiger partial charge in [-0.05, 0) is 74.9 Å². The van der Waals surface area contributed by atoms with E-state index in [4.69, 9.17) is 12.2 Å². The number of nitrogens with one attached hydrogen (secondary N) is 2. The van der Waals surface area contributed by atoms with Crippen LogP contribution >= 0.6 is 12.2 Å². The first-order valence-electron chi connectivity index (χ1n) is 10.7. The quantitative estimate of drug-likeness (QED) is 0.739. The van der Waals surface area contributed by atoms with Crippen LogP contribution in [0.5, 0.6) is 0 Å². The molecule has 3 nitrogen and oxygen atoms in total. The van der Waals surface area contributed by atoms with Gasteiger partial charge in [0.2, 0.25) is 0 Å². The van der Waals surface area contributed by atoms with Crippen molar-refractivity contribution in [3.8, 4) is 0 Å². The van der Waals surface area contributed by atoms with Crippen molar-refractivity contribution in [2.75, 3.05) is 5.32 Å². The second-order valence-electron chi connectivity index (χ2n) is 8.44. The molecule has 2 heterocycles. The predicted octanol–water partition coefficient (Wildman–Crippen LogP) is 4.86. The fraction of sp³-hybridized carbons (Fsp3) is 0.682. The second kappa shape index (κ2) is 8.26. The topological polar surface area (TPSA) is 27.3 Å². The van der Waals surface area contributed by atoms with Crippen LogP contribution in [0.15, 0.2) is 24.3 Å². The Labute approximate surface area is 163 Å². The zero-order chi connectivity index (χ0) is 17.9. The molecule has 0 radical (unpaired) electrons. The molecule has 1 aromatic rings. The van der Waals surface area contributed by atoms with Crippen molar-refractivity contribution in [2.24, 2.45) is 0 Å². The lowest BCUT2D eigenvalue weighted by molar-refractivity contribution is -0.00596. The summed E-state index contributed by atoms with van der Waals surface area (Å²) in [6.45, 7) is 2.18. The standard InChI is InChI=1S/C22H33N3S/c1-2-16-10-12-17(13-11-16)23-22(26)24-18-14-20-8-5-9-21(15-18)25(20)19-6-3-4-7-19/h10-13,18-21H,2-9,14-15H2,1H3,(H2,23,24,26). The van der Waals surface area contributed by atoms with E-state index < -0.39 is 0 Å². The third kappa shape index (κ3) is 4.07. The molecule has 3 aliphatic rings. The highest BCUT2D eigenvalue weighted by atomic mass is 32.1. The number of anilines is 1. The summed E-state index contributed by atoms with van der Waals surface area (Å²) >= 11 is 5.61. The van der Waals surface area contributed by atoms with Gasteiger partial charge in [0.1, 0.15) is 0 Å². The van der Waals surface area contributed by atoms with E-state index in [1.807, 2.05) is 0 Å². The Hall–Kier alpha value is -1.13. The van der Waals surface area contributed by atoms with Crippen LogP contribution in [-0.2, 0) is 6.42 Å². The van der Waals surface area contributed by atoms with Crippen molar-refractivity contribution in [1.29, 1.82) is 0 Å². The van der Waals surface area contributed by atoms with Crippen LogP contribution < -0.4 is 10.6 Å². The molecule has 2 bridgehead atoms. The minimum atomic E-state index is 0.526. The minimum Gasteiger partial charge on any atom is -0.360 e. The van der Waals surface area contributed by atoms with Gasteiger partial charge in [-0.2, -0.15) is 0 Å². The molecule has 3 fully saturated rings. The smallest absolute Gasteiger partial charge is 0.170 e. The number of benzene rings is 1. The molecule has 2 aliphatic heterocycles. The molecule has 0 aromatic heterocycles. The highest BCUT2D eigenvalue weighted by Crippen LogP contribution is 2.39. The normalized spacial score (nSPS) is 29.5. The number of fused-ring (bicyclic) bond motifs is 2. The maximum atomic E-state index is 5.61. The highest BCUT2D eigenvalue weighted by Gasteiger charge is 2.42. The minimum absolute atomic E-state index is 0.526. The average molecular weight is 372 g/mol. The number of rotatable bonds is 4. The summed E-state index contributed by atoms with van der Waals surface area (Å²) in [4.78, 5) is 2.93. The molecule has 4 rings (SSSR count). The molecule has 4 heteroatoms. The largest absolute Gasteiger partial charge is 0.360 e. The Morgan fingerprint density at radius 3 is 2.19 bits per heavy atom. The van der Waals surface area contributed by atoms with Crippen LogP contribution in [0.1, 0.15) is 70.3 Å². The van der Waals surface area contributed by atoms with E-state index >= 15 is 0 Å². The van der Waals surface area contributed by atoms with E-state index in [0.29, 0.717) is 6.04 Å². The van der Waals surface area contributed by atoms with E-state index in [2.05, 4.69) is 46.7 Å². The molecule has 0 spiro atoms. The summed E-state index contributed by atoms with van der Waals surface area (Å²) in [7, 11) is 0. The number of hydrogen-bond acceptors (Lipinski definition) is 2. The van der Waals surface area contributed by atoms with Crippen LogP contribution in [0.2, 0.25) is 0 Å². The summed E-state index contributed by atoms with van der Waals surface area (Å²) in [5.41, 5.74) is 2.45. The van der Waals surface area contributed by atoms with Gasteiger partial charge in [0.25, 0.3) is 0 Å². The maximum Gasteiger partial charge on any atom is 0.170 e. The van der Waals surface area contributed by atoms with E-state index in [1.165, 1.54) is 63.4 Å². The predicted molar refractivity (Wildman–Crippen MR) is 114 cm³/mol. The van der Waals surface area contributed by atoms with Crippen LogP contribution in [0, 0.1) is 0 Å². The molecule has 1 aromatic carbocycles. The fourth-order valence-electron chi connectivity index (χ4n) is 5.51. The molecular weight excluding hydrogens is 338 g/mol. The Morgan fingerprint density at radius 2 is 1.58 bits per heavy atom. The Bertz CT molecular complexity index is 594. The lowest BCUT2D eigenvalue weighted by Gasteiger charge is -2.52. The number of aryl methyl sites for hydroxylation is 1. The highest BCUT2D eigenvalue weighted by molar-refractivity contribution is 7.80. The summed E-state index contributed by atoms with van der Waals surface area (Å²) < 4.78 is 0. The summed E-state index contributed by atoms with van der Waals surface area (Å²) in [5.74, 6) is 0. The third-order valence-corrected chi connectivity index (χ3v) is 6.95. The SMILES string of the molecule is CCc1ccc(NC(=S)NC2CC3CCCC(C2)N3C2CCCC2)cc1. The van der Waals surface area contributed by atoms with Gasteiger partial charge in [-0.15, -0.1) is 0 Å². The first-order valence-corrected chi connectivity index (χ1v) is 11.1. The molecule has 142 valence electrons. The molecule has 2 N–H and O–H groups in total. The van der Waals surface area contributed by atoms with Gasteiger partial charge in [0.05, 0.1) is 0 Å². The lowest BCUT2D eigenvalue weighted by atomic mass is 9.80. The van der Waals surface area contributed by atoms with Gasteiger partial charge < -0.3 is 10.6 Å². The first-order chi connectivity index (χ1) is 12.7. The number of piperidine rings is 2. The Morgan fingerprint density at radius 1 is 0.962 bits per heavy atom. The van der Waals surface area contributed by atoms with Crippen molar-refractivity contribution in [3.05, 3.63) is 29.8 Å². The van der Waals surface area contributed by atoms with Crippen molar-refractivity contribution in [2.45, 2.75) is 95.3 Å². The monoisotopic (exact) mass is 371 g/mol. The first kappa shape index (κ1) is 18.2. The van der Waals surface area contributed by atoms with Crippen molar-refractivity contribution < 1.29 is 0 Å². The zero-order valence-corrected chi connectivity index (χ0v) is 16.9. The summed E-state index contributed by atoms with van der Waals surface area (Å²) in [6.07, 6.45) is 13.5. The van der Waals surface area contributed by atoms with Gasteiger partial charge in [-0.25, -0.2) is 0 Å².